The molecule has 22 heavy (non-hydrogen) atoms. The topological polar surface area (TPSA) is 39.6 Å². The fraction of sp³-hybridized carbons (Fsp3) is 0. The molecule has 1 aromatic heterocycles. The Morgan fingerprint density at radius 2 is 1.82 bits per heavy atom. The van der Waals surface area contributed by atoms with Crippen LogP contribution in [0.25, 0.3) is 32.8 Å². The zero-order valence-electron chi connectivity index (χ0n) is 11.6. The molecule has 0 aliphatic heterocycles. The Bertz CT molecular complexity index is 1050. The van der Waals surface area contributed by atoms with Crippen molar-refractivity contribution in [2.75, 3.05) is 0 Å². The third-order valence-corrected chi connectivity index (χ3v) is 3.96. The first-order valence-electron chi connectivity index (χ1n) is 6.96. The highest BCUT2D eigenvalue weighted by atomic mass is 19.1. The summed E-state index contributed by atoms with van der Waals surface area (Å²) < 4.78 is 13.3. The lowest BCUT2D eigenvalue weighted by molar-refractivity contribution is 0.629. The lowest BCUT2D eigenvalue weighted by atomic mass is 9.98. The second kappa shape index (κ2) is 4.71. The molecule has 0 amide bonds. The van der Waals surface area contributed by atoms with Crippen LogP contribution in [-0.2, 0) is 0 Å². The van der Waals surface area contributed by atoms with Gasteiger partial charge in [0, 0.05) is 22.7 Å². The number of fused-ring (bicyclic) bond motifs is 2. The largest absolute Gasteiger partial charge is 0.360 e. The van der Waals surface area contributed by atoms with Crippen LogP contribution in [0.3, 0.4) is 0 Å². The summed E-state index contributed by atoms with van der Waals surface area (Å²) in [4.78, 5) is 3.11. The van der Waals surface area contributed by atoms with Gasteiger partial charge in [0.25, 0.3) is 0 Å². The monoisotopic (exact) mass is 286 g/mol. The van der Waals surface area contributed by atoms with Crippen LogP contribution in [0.2, 0.25) is 0 Å². The molecule has 3 heteroatoms. The first kappa shape index (κ1) is 12.6. The number of nitriles is 1. The molecule has 0 fully saturated rings. The summed E-state index contributed by atoms with van der Waals surface area (Å²) in [5, 5.41) is 12.1. The Balaban J connectivity index is 1.95. The molecule has 104 valence electrons. The summed E-state index contributed by atoms with van der Waals surface area (Å²) in [5.74, 6) is -0.252. The molecule has 0 saturated carbocycles. The number of hydrogen-bond donors (Lipinski definition) is 1. The van der Waals surface area contributed by atoms with Crippen molar-refractivity contribution in [2.45, 2.75) is 0 Å². The van der Waals surface area contributed by atoms with Gasteiger partial charge in [0.2, 0.25) is 0 Å². The number of rotatable bonds is 1. The second-order valence-corrected chi connectivity index (χ2v) is 5.25. The predicted molar refractivity (Wildman–Crippen MR) is 85.9 cm³/mol. The van der Waals surface area contributed by atoms with Gasteiger partial charge in [-0.05, 0) is 46.7 Å². The lowest BCUT2D eigenvalue weighted by Crippen LogP contribution is -1.82. The Morgan fingerprint density at radius 1 is 0.955 bits per heavy atom. The van der Waals surface area contributed by atoms with Gasteiger partial charge < -0.3 is 4.98 Å². The quantitative estimate of drug-likeness (QED) is 0.525. The van der Waals surface area contributed by atoms with E-state index in [0.717, 1.165) is 32.8 Å². The van der Waals surface area contributed by atoms with E-state index in [0.29, 0.717) is 5.56 Å². The first-order chi connectivity index (χ1) is 10.8. The molecule has 0 aliphatic carbocycles. The van der Waals surface area contributed by atoms with Crippen molar-refractivity contribution in [3.8, 4) is 17.2 Å². The van der Waals surface area contributed by atoms with Gasteiger partial charge >= 0.3 is 0 Å². The number of nitrogens with one attached hydrogen (secondary N) is 1. The third kappa shape index (κ3) is 1.86. The Labute approximate surface area is 126 Å². The summed E-state index contributed by atoms with van der Waals surface area (Å²) >= 11 is 0. The molecule has 0 unspecified atom stereocenters. The average Bonchev–Trinajstić information content (AvgIpc) is 2.96. The van der Waals surface area contributed by atoms with Crippen molar-refractivity contribution in [1.29, 1.82) is 5.26 Å². The molecule has 2 nitrogen and oxygen atoms in total. The smallest absolute Gasteiger partial charge is 0.125 e. The van der Waals surface area contributed by atoms with E-state index in [4.69, 9.17) is 5.26 Å². The van der Waals surface area contributed by atoms with Crippen LogP contribution in [0.5, 0.6) is 0 Å². The van der Waals surface area contributed by atoms with Crippen molar-refractivity contribution >= 4 is 21.7 Å². The number of nitrogens with zero attached hydrogens (tertiary/aromatic N) is 1. The molecule has 0 bridgehead atoms. The lowest BCUT2D eigenvalue weighted by Gasteiger charge is -2.04. The van der Waals surface area contributed by atoms with Crippen LogP contribution in [0.1, 0.15) is 5.56 Å². The molecule has 4 aromatic rings. The van der Waals surface area contributed by atoms with E-state index < -0.39 is 0 Å². The number of aromatic nitrogens is 1. The molecule has 0 radical (unpaired) electrons. The molecular formula is C19H11FN2. The molecule has 0 spiro atoms. The van der Waals surface area contributed by atoms with Crippen molar-refractivity contribution in [3.05, 3.63) is 72.2 Å². The maximum atomic E-state index is 13.3. The standard InChI is InChI=1S/C19H11FN2/c20-15-5-7-17-18(11-22-19(17)9-15)13-4-6-16-12(8-13)2-1-3-14(16)10-21/h1-9,11,22H. The predicted octanol–water partition coefficient (Wildman–Crippen LogP) is 5.00. The van der Waals surface area contributed by atoms with Gasteiger partial charge in [0.05, 0.1) is 11.6 Å². The van der Waals surface area contributed by atoms with Crippen LogP contribution in [0.15, 0.2) is 60.8 Å². The van der Waals surface area contributed by atoms with Crippen molar-refractivity contribution in [2.24, 2.45) is 0 Å². The van der Waals surface area contributed by atoms with E-state index >= 15 is 0 Å². The normalized spacial score (nSPS) is 10.9. The van der Waals surface area contributed by atoms with Crippen LogP contribution in [0, 0.1) is 17.1 Å². The van der Waals surface area contributed by atoms with Crippen molar-refractivity contribution in [3.63, 3.8) is 0 Å². The van der Waals surface area contributed by atoms with E-state index in [1.165, 1.54) is 12.1 Å². The van der Waals surface area contributed by atoms with Crippen molar-refractivity contribution < 1.29 is 4.39 Å². The Morgan fingerprint density at radius 3 is 2.68 bits per heavy atom. The molecule has 0 atom stereocenters. The second-order valence-electron chi connectivity index (χ2n) is 5.25. The zero-order valence-corrected chi connectivity index (χ0v) is 11.6. The molecule has 4 rings (SSSR count). The highest BCUT2D eigenvalue weighted by Crippen LogP contribution is 2.31. The fourth-order valence-electron chi connectivity index (χ4n) is 2.89. The minimum Gasteiger partial charge on any atom is -0.360 e. The van der Waals surface area contributed by atoms with Crippen LogP contribution >= 0.6 is 0 Å². The van der Waals surface area contributed by atoms with Gasteiger partial charge in [-0.3, -0.25) is 0 Å². The summed E-state index contributed by atoms with van der Waals surface area (Å²) in [6.45, 7) is 0. The highest BCUT2D eigenvalue weighted by Gasteiger charge is 2.08. The van der Waals surface area contributed by atoms with E-state index in [-0.39, 0.29) is 5.82 Å². The Kier molecular flexibility index (Phi) is 2.70. The first-order valence-corrected chi connectivity index (χ1v) is 6.96. The zero-order chi connectivity index (χ0) is 15.1. The van der Waals surface area contributed by atoms with Crippen LogP contribution < -0.4 is 0 Å². The molecule has 3 aromatic carbocycles. The number of benzene rings is 3. The summed E-state index contributed by atoms with van der Waals surface area (Å²) in [5.41, 5.74) is 3.52. The summed E-state index contributed by atoms with van der Waals surface area (Å²) in [6.07, 6.45) is 1.89. The molecule has 1 N–H and O–H groups in total. The molecule has 0 saturated heterocycles. The number of hydrogen-bond acceptors (Lipinski definition) is 1. The van der Waals surface area contributed by atoms with Gasteiger partial charge in [-0.2, -0.15) is 5.26 Å². The van der Waals surface area contributed by atoms with Gasteiger partial charge in [0.1, 0.15) is 5.82 Å². The molecule has 0 aliphatic rings. The minimum absolute atomic E-state index is 0.252. The molecular weight excluding hydrogens is 275 g/mol. The maximum absolute atomic E-state index is 13.3. The van der Waals surface area contributed by atoms with E-state index in [2.05, 4.69) is 17.1 Å². The van der Waals surface area contributed by atoms with Gasteiger partial charge in [-0.25, -0.2) is 4.39 Å². The molecule has 1 heterocycles. The SMILES string of the molecule is N#Cc1cccc2cc(-c3c[nH]c4cc(F)ccc34)ccc12. The minimum atomic E-state index is -0.252. The summed E-state index contributed by atoms with van der Waals surface area (Å²) in [6, 6.07) is 18.7. The van der Waals surface area contributed by atoms with Gasteiger partial charge in [0.15, 0.2) is 0 Å². The average molecular weight is 286 g/mol. The van der Waals surface area contributed by atoms with E-state index in [9.17, 15) is 4.39 Å². The maximum Gasteiger partial charge on any atom is 0.125 e. The van der Waals surface area contributed by atoms with Gasteiger partial charge in [-0.1, -0.05) is 24.3 Å². The van der Waals surface area contributed by atoms with Crippen molar-refractivity contribution in [1.82, 2.24) is 4.98 Å². The van der Waals surface area contributed by atoms with Crippen LogP contribution in [0.4, 0.5) is 4.39 Å². The highest BCUT2D eigenvalue weighted by molar-refractivity contribution is 5.99. The van der Waals surface area contributed by atoms with E-state index in [1.54, 1.807) is 6.07 Å². The van der Waals surface area contributed by atoms with Crippen LogP contribution in [-0.4, -0.2) is 4.98 Å². The van der Waals surface area contributed by atoms with E-state index in [1.807, 2.05) is 36.5 Å². The number of aromatic amines is 1. The fourth-order valence-corrected chi connectivity index (χ4v) is 2.89. The summed E-state index contributed by atoms with van der Waals surface area (Å²) in [7, 11) is 0. The van der Waals surface area contributed by atoms with Gasteiger partial charge in [-0.15, -0.1) is 0 Å². The number of H-pyrrole nitrogens is 1. The number of halogens is 1. The Hall–Kier alpha value is -3.12. The third-order valence-electron chi connectivity index (χ3n) is 3.96.